The third kappa shape index (κ3) is 2.71. The van der Waals surface area contributed by atoms with Crippen LogP contribution in [0.3, 0.4) is 0 Å². The first kappa shape index (κ1) is 10.6. The first-order valence-corrected chi connectivity index (χ1v) is 5.06. The molecule has 0 aliphatic heterocycles. The summed E-state index contributed by atoms with van der Waals surface area (Å²) in [5.41, 5.74) is -0.409. The SMILES string of the molecule is O=C(C#CBr)NC1(CO)CCCC1. The van der Waals surface area contributed by atoms with Crippen molar-refractivity contribution in [3.05, 3.63) is 0 Å². The first-order chi connectivity index (χ1) is 6.22. The van der Waals surface area contributed by atoms with Gasteiger partial charge in [-0.3, -0.25) is 4.79 Å². The molecule has 1 amide bonds. The number of hydrogen-bond donors (Lipinski definition) is 2. The number of halogens is 1. The second-order valence-corrected chi connectivity index (χ2v) is 3.72. The molecule has 0 unspecified atom stereocenters. The molecule has 0 atom stereocenters. The molecule has 0 bridgehead atoms. The van der Waals surface area contributed by atoms with E-state index in [2.05, 4.69) is 32.0 Å². The van der Waals surface area contributed by atoms with Gasteiger partial charge in [0.2, 0.25) is 0 Å². The minimum atomic E-state index is -0.409. The lowest BCUT2D eigenvalue weighted by Crippen LogP contribution is -2.48. The van der Waals surface area contributed by atoms with Gasteiger partial charge in [0.1, 0.15) is 0 Å². The summed E-state index contributed by atoms with van der Waals surface area (Å²) in [4.78, 5) is 13.5. The molecule has 1 saturated carbocycles. The fraction of sp³-hybridized carbons (Fsp3) is 0.667. The van der Waals surface area contributed by atoms with Crippen LogP contribution in [0.1, 0.15) is 25.7 Å². The fourth-order valence-electron chi connectivity index (χ4n) is 1.69. The molecule has 1 aliphatic rings. The lowest BCUT2D eigenvalue weighted by molar-refractivity contribution is -0.118. The topological polar surface area (TPSA) is 49.3 Å². The van der Waals surface area contributed by atoms with Crippen LogP contribution >= 0.6 is 15.9 Å². The number of carbonyl (C=O) groups is 1. The van der Waals surface area contributed by atoms with Gasteiger partial charge in [0.05, 0.1) is 12.1 Å². The first-order valence-electron chi connectivity index (χ1n) is 4.27. The van der Waals surface area contributed by atoms with E-state index in [-0.39, 0.29) is 12.5 Å². The van der Waals surface area contributed by atoms with Crippen LogP contribution < -0.4 is 5.32 Å². The van der Waals surface area contributed by atoms with Gasteiger partial charge in [-0.2, -0.15) is 0 Å². The minimum absolute atomic E-state index is 0.00268. The van der Waals surface area contributed by atoms with Crippen molar-refractivity contribution in [3.63, 3.8) is 0 Å². The molecule has 0 heterocycles. The van der Waals surface area contributed by atoms with E-state index in [9.17, 15) is 4.79 Å². The quantitative estimate of drug-likeness (QED) is 0.707. The van der Waals surface area contributed by atoms with Crippen LogP contribution in [-0.2, 0) is 4.79 Å². The standard InChI is InChI=1S/C9H12BrNO2/c10-6-3-8(13)11-9(7-12)4-1-2-5-9/h12H,1-2,4-5,7H2,(H,11,13). The Labute approximate surface area is 86.0 Å². The van der Waals surface area contributed by atoms with Gasteiger partial charge in [-0.1, -0.05) is 12.8 Å². The van der Waals surface area contributed by atoms with E-state index in [0.717, 1.165) is 25.7 Å². The van der Waals surface area contributed by atoms with E-state index in [0.29, 0.717) is 0 Å². The molecule has 0 spiro atoms. The maximum Gasteiger partial charge on any atom is 0.297 e. The Morgan fingerprint density at radius 3 is 2.62 bits per heavy atom. The summed E-state index contributed by atoms with van der Waals surface area (Å²) in [5, 5.41) is 11.9. The molecule has 1 rings (SSSR count). The lowest BCUT2D eigenvalue weighted by Gasteiger charge is -2.26. The summed E-state index contributed by atoms with van der Waals surface area (Å²) in [7, 11) is 0. The Bertz CT molecular complexity index is 248. The van der Waals surface area contributed by atoms with Crippen LogP contribution in [0, 0.1) is 10.8 Å². The molecule has 0 aromatic rings. The van der Waals surface area contributed by atoms with Crippen LogP contribution in [-0.4, -0.2) is 23.2 Å². The molecular formula is C9H12BrNO2. The van der Waals surface area contributed by atoms with Crippen molar-refractivity contribution >= 4 is 21.8 Å². The van der Waals surface area contributed by atoms with Crippen molar-refractivity contribution in [2.24, 2.45) is 0 Å². The number of aliphatic hydroxyl groups is 1. The lowest BCUT2D eigenvalue weighted by atomic mass is 9.99. The van der Waals surface area contributed by atoms with Gasteiger partial charge >= 0.3 is 0 Å². The second kappa shape index (κ2) is 4.64. The summed E-state index contributed by atoms with van der Waals surface area (Å²) in [6.45, 7) is 0.00268. The summed E-state index contributed by atoms with van der Waals surface area (Å²) < 4.78 is 0. The zero-order chi connectivity index (χ0) is 9.73. The van der Waals surface area contributed by atoms with Gasteiger partial charge in [-0.15, -0.1) is 0 Å². The fourth-order valence-corrected chi connectivity index (χ4v) is 1.87. The second-order valence-electron chi connectivity index (χ2n) is 3.32. The number of nitrogens with one attached hydrogen (secondary N) is 1. The Balaban J connectivity index is 2.56. The maximum atomic E-state index is 11.1. The molecule has 13 heavy (non-hydrogen) atoms. The molecule has 72 valence electrons. The summed E-state index contributed by atoms with van der Waals surface area (Å²) in [5.74, 6) is 2.01. The van der Waals surface area contributed by atoms with Crippen molar-refractivity contribution < 1.29 is 9.90 Å². The van der Waals surface area contributed by atoms with Crippen molar-refractivity contribution in [3.8, 4) is 10.8 Å². The number of rotatable bonds is 2. The van der Waals surface area contributed by atoms with Gasteiger partial charge in [0.15, 0.2) is 0 Å². The predicted octanol–water partition coefficient (Wildman–Crippen LogP) is 0.763. The van der Waals surface area contributed by atoms with Crippen LogP contribution in [0.2, 0.25) is 0 Å². The largest absolute Gasteiger partial charge is 0.394 e. The molecule has 0 radical (unpaired) electrons. The molecule has 0 saturated heterocycles. The third-order valence-electron chi connectivity index (χ3n) is 2.40. The molecule has 2 N–H and O–H groups in total. The number of amides is 1. The summed E-state index contributed by atoms with van der Waals surface area (Å²) >= 11 is 2.85. The van der Waals surface area contributed by atoms with Crippen LogP contribution in [0.4, 0.5) is 0 Å². The molecule has 0 aromatic carbocycles. The monoisotopic (exact) mass is 245 g/mol. The highest BCUT2D eigenvalue weighted by Crippen LogP contribution is 2.28. The molecule has 0 aromatic heterocycles. The number of hydrogen-bond acceptors (Lipinski definition) is 2. The summed E-state index contributed by atoms with van der Waals surface area (Å²) in [6, 6.07) is 0. The van der Waals surface area contributed by atoms with E-state index < -0.39 is 5.54 Å². The smallest absolute Gasteiger partial charge is 0.297 e. The van der Waals surface area contributed by atoms with E-state index in [1.165, 1.54) is 0 Å². The zero-order valence-electron chi connectivity index (χ0n) is 7.27. The molecule has 1 fully saturated rings. The Hall–Kier alpha value is -0.530. The highest BCUT2D eigenvalue weighted by atomic mass is 79.9. The highest BCUT2D eigenvalue weighted by molar-refractivity contribution is 9.12. The molecule has 4 heteroatoms. The van der Waals surface area contributed by atoms with Gasteiger partial charge in [-0.05, 0) is 17.7 Å². The van der Waals surface area contributed by atoms with Crippen molar-refractivity contribution in [1.29, 1.82) is 0 Å². The van der Waals surface area contributed by atoms with Crippen LogP contribution in [0.15, 0.2) is 0 Å². The van der Waals surface area contributed by atoms with Crippen LogP contribution in [0.5, 0.6) is 0 Å². The average Bonchev–Trinajstić information content (AvgIpc) is 2.54. The molecule has 3 nitrogen and oxygen atoms in total. The highest BCUT2D eigenvalue weighted by Gasteiger charge is 2.34. The van der Waals surface area contributed by atoms with Crippen molar-refractivity contribution in [2.45, 2.75) is 31.2 Å². The summed E-state index contributed by atoms with van der Waals surface area (Å²) in [6.07, 6.45) is 3.81. The van der Waals surface area contributed by atoms with E-state index in [1.807, 2.05) is 0 Å². The number of aliphatic hydroxyl groups excluding tert-OH is 1. The van der Waals surface area contributed by atoms with Gasteiger partial charge in [0, 0.05) is 21.9 Å². The maximum absolute atomic E-state index is 11.1. The van der Waals surface area contributed by atoms with Crippen molar-refractivity contribution in [2.75, 3.05) is 6.61 Å². The van der Waals surface area contributed by atoms with Gasteiger partial charge in [0.25, 0.3) is 5.91 Å². The van der Waals surface area contributed by atoms with Gasteiger partial charge in [-0.25, -0.2) is 0 Å². The Kier molecular flexibility index (Phi) is 3.76. The van der Waals surface area contributed by atoms with E-state index >= 15 is 0 Å². The molecule has 1 aliphatic carbocycles. The van der Waals surface area contributed by atoms with Crippen molar-refractivity contribution in [1.82, 2.24) is 5.32 Å². The molecular weight excluding hydrogens is 234 g/mol. The minimum Gasteiger partial charge on any atom is -0.394 e. The zero-order valence-corrected chi connectivity index (χ0v) is 8.85. The predicted molar refractivity (Wildman–Crippen MR) is 53.1 cm³/mol. The Morgan fingerprint density at radius 1 is 1.54 bits per heavy atom. The van der Waals surface area contributed by atoms with E-state index in [1.54, 1.807) is 0 Å². The van der Waals surface area contributed by atoms with Gasteiger partial charge < -0.3 is 10.4 Å². The van der Waals surface area contributed by atoms with Crippen LogP contribution in [0.25, 0.3) is 0 Å². The average molecular weight is 246 g/mol. The number of carbonyl (C=O) groups excluding carboxylic acids is 1. The third-order valence-corrected chi connectivity index (χ3v) is 2.60. The Morgan fingerprint density at radius 2 is 2.15 bits per heavy atom. The normalized spacial score (nSPS) is 18.9. The van der Waals surface area contributed by atoms with E-state index in [4.69, 9.17) is 5.11 Å².